The van der Waals surface area contributed by atoms with Crippen LogP contribution in [0.2, 0.25) is 0 Å². The molecular weight excluding hydrogens is 745 g/mol. The van der Waals surface area contributed by atoms with Crippen molar-refractivity contribution >= 4 is 17.9 Å². The fourth-order valence-corrected chi connectivity index (χ4v) is 8.17. The molecule has 0 rings (SSSR count). The van der Waals surface area contributed by atoms with Gasteiger partial charge in [0.25, 0.3) is 0 Å². The Balaban J connectivity index is 4.18. The first kappa shape index (κ1) is 58.4. The van der Waals surface area contributed by atoms with Crippen molar-refractivity contribution in [3.63, 3.8) is 0 Å². The minimum absolute atomic E-state index is 0.0639. The predicted molar refractivity (Wildman–Crippen MR) is 256 cm³/mol. The quantitative estimate of drug-likeness (QED) is 0.0345. The molecular formula is C54H104O6. The van der Waals surface area contributed by atoms with Crippen molar-refractivity contribution in [3.05, 3.63) is 0 Å². The van der Waals surface area contributed by atoms with E-state index in [2.05, 4.69) is 34.6 Å². The molecule has 0 aromatic carbocycles. The Kier molecular flexibility index (Phi) is 45.7. The molecule has 0 aliphatic rings. The van der Waals surface area contributed by atoms with Crippen molar-refractivity contribution in [2.24, 2.45) is 11.8 Å². The molecule has 0 saturated heterocycles. The highest BCUT2D eigenvalue weighted by Crippen LogP contribution is 2.18. The summed E-state index contributed by atoms with van der Waals surface area (Å²) in [6.45, 7) is 11.3. The van der Waals surface area contributed by atoms with E-state index in [9.17, 15) is 14.4 Å². The summed E-state index contributed by atoms with van der Waals surface area (Å²) in [6, 6.07) is 0. The zero-order chi connectivity index (χ0) is 44.0. The number of carbonyl (C=O) groups excluding carboxylic acids is 3. The van der Waals surface area contributed by atoms with Crippen LogP contribution in [0.25, 0.3) is 0 Å². The van der Waals surface area contributed by atoms with E-state index < -0.39 is 6.10 Å². The normalized spacial score (nSPS) is 12.1. The molecule has 356 valence electrons. The second-order valence-corrected chi connectivity index (χ2v) is 19.5. The van der Waals surface area contributed by atoms with Crippen LogP contribution >= 0.6 is 0 Å². The lowest BCUT2D eigenvalue weighted by Gasteiger charge is -2.18. The summed E-state index contributed by atoms with van der Waals surface area (Å²) in [7, 11) is 0. The van der Waals surface area contributed by atoms with E-state index in [1.54, 1.807) is 0 Å². The zero-order valence-electron chi connectivity index (χ0n) is 41.1. The molecule has 0 aromatic heterocycles. The summed E-state index contributed by atoms with van der Waals surface area (Å²) >= 11 is 0. The third kappa shape index (κ3) is 47.5. The monoisotopic (exact) mass is 849 g/mol. The first-order valence-corrected chi connectivity index (χ1v) is 26.7. The Hall–Kier alpha value is -1.59. The molecule has 0 N–H and O–H groups in total. The smallest absolute Gasteiger partial charge is 0.306 e. The molecule has 1 atom stereocenters. The van der Waals surface area contributed by atoms with Crippen molar-refractivity contribution in [2.45, 2.75) is 304 Å². The molecule has 0 radical (unpaired) electrons. The van der Waals surface area contributed by atoms with E-state index in [1.807, 2.05) is 0 Å². The summed E-state index contributed by atoms with van der Waals surface area (Å²) in [6.07, 6.45) is 48.2. The maximum atomic E-state index is 12.7. The number of esters is 3. The van der Waals surface area contributed by atoms with Gasteiger partial charge in [-0.2, -0.15) is 0 Å². The van der Waals surface area contributed by atoms with E-state index in [1.165, 1.54) is 186 Å². The Bertz CT molecular complexity index is 916. The molecule has 0 aliphatic heterocycles. The van der Waals surface area contributed by atoms with Gasteiger partial charge < -0.3 is 14.2 Å². The van der Waals surface area contributed by atoms with Crippen molar-refractivity contribution < 1.29 is 28.6 Å². The van der Waals surface area contributed by atoms with Gasteiger partial charge >= 0.3 is 17.9 Å². The van der Waals surface area contributed by atoms with Crippen LogP contribution < -0.4 is 0 Å². The Morgan fingerprint density at radius 2 is 0.550 bits per heavy atom. The van der Waals surface area contributed by atoms with Crippen LogP contribution in [0.4, 0.5) is 0 Å². The van der Waals surface area contributed by atoms with Crippen molar-refractivity contribution in [1.29, 1.82) is 0 Å². The third-order valence-electron chi connectivity index (χ3n) is 12.2. The summed E-state index contributed by atoms with van der Waals surface area (Å²) in [5, 5.41) is 0. The number of unbranched alkanes of at least 4 members (excludes halogenated alkanes) is 33. The van der Waals surface area contributed by atoms with Crippen molar-refractivity contribution in [1.82, 2.24) is 0 Å². The Morgan fingerprint density at radius 3 is 0.817 bits per heavy atom. The molecule has 6 heteroatoms. The Morgan fingerprint density at radius 1 is 0.317 bits per heavy atom. The summed E-state index contributed by atoms with van der Waals surface area (Å²) < 4.78 is 16.8. The van der Waals surface area contributed by atoms with Crippen LogP contribution in [0.15, 0.2) is 0 Å². The number of carbonyl (C=O) groups is 3. The van der Waals surface area contributed by atoms with Crippen molar-refractivity contribution in [2.75, 3.05) is 13.2 Å². The number of rotatable bonds is 48. The summed E-state index contributed by atoms with van der Waals surface area (Å²) in [5.74, 6) is 0.791. The molecule has 0 aliphatic carbocycles. The van der Waals surface area contributed by atoms with E-state index >= 15 is 0 Å². The molecule has 60 heavy (non-hydrogen) atoms. The number of hydrogen-bond donors (Lipinski definition) is 0. The molecule has 0 unspecified atom stereocenters. The van der Waals surface area contributed by atoms with Crippen LogP contribution in [0.5, 0.6) is 0 Å². The van der Waals surface area contributed by atoms with E-state index in [0.717, 1.165) is 69.6 Å². The molecule has 0 amide bonds. The largest absolute Gasteiger partial charge is 0.462 e. The van der Waals surface area contributed by atoms with Gasteiger partial charge in [0, 0.05) is 19.3 Å². The minimum Gasteiger partial charge on any atom is -0.462 e. The highest BCUT2D eigenvalue weighted by atomic mass is 16.6. The molecule has 0 aromatic rings. The zero-order valence-corrected chi connectivity index (χ0v) is 41.1. The first-order valence-electron chi connectivity index (χ1n) is 26.7. The Labute approximate surface area is 374 Å². The average Bonchev–Trinajstić information content (AvgIpc) is 3.22. The van der Waals surface area contributed by atoms with E-state index in [0.29, 0.717) is 19.3 Å². The maximum absolute atomic E-state index is 12.7. The van der Waals surface area contributed by atoms with Gasteiger partial charge in [0.05, 0.1) is 0 Å². The van der Waals surface area contributed by atoms with Crippen molar-refractivity contribution in [3.8, 4) is 0 Å². The maximum Gasteiger partial charge on any atom is 0.306 e. The van der Waals surface area contributed by atoms with Gasteiger partial charge in [-0.25, -0.2) is 0 Å². The van der Waals surface area contributed by atoms with Gasteiger partial charge in [-0.3, -0.25) is 14.4 Å². The second-order valence-electron chi connectivity index (χ2n) is 19.5. The number of ether oxygens (including phenoxy) is 3. The van der Waals surface area contributed by atoms with Crippen LogP contribution in [0.1, 0.15) is 298 Å². The predicted octanol–water partition coefficient (Wildman–Crippen LogP) is 17.3. The fourth-order valence-electron chi connectivity index (χ4n) is 8.17. The lowest BCUT2D eigenvalue weighted by Crippen LogP contribution is -2.30. The van der Waals surface area contributed by atoms with Gasteiger partial charge in [-0.1, -0.05) is 259 Å². The molecule has 6 nitrogen and oxygen atoms in total. The van der Waals surface area contributed by atoms with Gasteiger partial charge in [0.2, 0.25) is 0 Å². The summed E-state index contributed by atoms with van der Waals surface area (Å²) in [4.78, 5) is 37.9. The lowest BCUT2D eigenvalue weighted by molar-refractivity contribution is -0.167. The van der Waals surface area contributed by atoms with E-state index in [-0.39, 0.29) is 31.1 Å². The van der Waals surface area contributed by atoms with E-state index in [4.69, 9.17) is 14.2 Å². The minimum atomic E-state index is -0.761. The number of hydrogen-bond acceptors (Lipinski definition) is 6. The SMILES string of the molecule is CCCCCCCCCCCCCC(=O)O[C@H](COC(=O)CCCCCCCCCCCCCCCCCCCCC(C)C)COC(=O)CCCCCCCCCC(C)C. The third-order valence-corrected chi connectivity index (χ3v) is 12.2. The lowest BCUT2D eigenvalue weighted by atomic mass is 10.0. The molecule has 0 heterocycles. The molecule has 0 spiro atoms. The highest BCUT2D eigenvalue weighted by Gasteiger charge is 2.19. The standard InChI is InChI=1S/C54H104O6/c1-6-7-8-9-10-11-20-25-30-36-41-46-54(57)60-51(48-59-53(56)45-40-35-31-26-28-33-38-43-50(4)5)47-58-52(55)44-39-34-29-24-22-19-17-15-13-12-14-16-18-21-23-27-32-37-42-49(2)3/h49-51H,6-48H2,1-5H3/t51-/m1/s1. The van der Waals surface area contributed by atoms with Gasteiger partial charge in [-0.15, -0.1) is 0 Å². The van der Waals surface area contributed by atoms with Gasteiger partial charge in [0.15, 0.2) is 6.10 Å². The fraction of sp³-hybridized carbons (Fsp3) is 0.944. The summed E-state index contributed by atoms with van der Waals surface area (Å²) in [5.41, 5.74) is 0. The van der Waals surface area contributed by atoms with Crippen LogP contribution in [0.3, 0.4) is 0 Å². The van der Waals surface area contributed by atoms with Gasteiger partial charge in [0.1, 0.15) is 13.2 Å². The van der Waals surface area contributed by atoms with Crippen LogP contribution in [-0.4, -0.2) is 37.2 Å². The average molecular weight is 849 g/mol. The van der Waals surface area contributed by atoms with Gasteiger partial charge in [-0.05, 0) is 31.1 Å². The first-order chi connectivity index (χ1) is 29.2. The second kappa shape index (κ2) is 46.9. The molecule has 0 saturated carbocycles. The molecule has 0 bridgehead atoms. The van der Waals surface area contributed by atoms with Crippen LogP contribution in [-0.2, 0) is 28.6 Å². The topological polar surface area (TPSA) is 78.9 Å². The van der Waals surface area contributed by atoms with Crippen LogP contribution in [0, 0.1) is 11.8 Å². The highest BCUT2D eigenvalue weighted by molar-refractivity contribution is 5.71. The molecule has 0 fully saturated rings.